The third-order valence-electron chi connectivity index (χ3n) is 2.35. The Morgan fingerprint density at radius 3 is 2.56 bits per heavy atom. The highest BCUT2D eigenvalue weighted by atomic mass is 32.2. The van der Waals surface area contributed by atoms with Gasteiger partial charge in [0, 0.05) is 11.0 Å². The van der Waals surface area contributed by atoms with Crippen LogP contribution in [-0.4, -0.2) is 6.26 Å². The zero-order chi connectivity index (χ0) is 11.2. The molecule has 0 aliphatic heterocycles. The second-order valence-corrected chi connectivity index (χ2v) is 4.36. The van der Waals surface area contributed by atoms with Gasteiger partial charge >= 0.3 is 0 Å². The summed E-state index contributed by atoms with van der Waals surface area (Å²) in [6.45, 7) is 0.842. The normalized spacial score (nSPS) is 10.1. The molecule has 1 aromatic heterocycles. The number of nitrogens with one attached hydrogen (secondary N) is 2. The molecule has 16 heavy (non-hydrogen) atoms. The molecular weight excluding hydrogens is 216 g/mol. The predicted octanol–water partition coefficient (Wildman–Crippen LogP) is 2.83. The lowest BCUT2D eigenvalue weighted by Crippen LogP contribution is -2.11. The number of aromatic amines is 1. The Morgan fingerprint density at radius 1 is 1.12 bits per heavy atom. The number of rotatable bonds is 4. The van der Waals surface area contributed by atoms with Crippen molar-refractivity contribution >= 4 is 17.6 Å². The molecule has 0 aliphatic rings. The molecule has 1 aromatic carbocycles. The molecule has 0 spiro atoms. The smallest absolute Gasteiger partial charge is 0.270 e. The van der Waals surface area contributed by atoms with Crippen LogP contribution in [0.25, 0.3) is 0 Å². The lowest BCUT2D eigenvalue weighted by atomic mass is 10.2. The van der Waals surface area contributed by atoms with Crippen LogP contribution in [0, 0.1) is 0 Å². The van der Waals surface area contributed by atoms with E-state index >= 15 is 0 Å². The molecule has 0 aliphatic carbocycles. The highest BCUT2D eigenvalue weighted by Gasteiger charge is 1.99. The van der Waals surface area contributed by atoms with Gasteiger partial charge in [0.05, 0.1) is 6.20 Å². The first-order valence-corrected chi connectivity index (χ1v) is 6.44. The lowest BCUT2D eigenvalue weighted by Gasteiger charge is -2.01. The molecule has 0 radical (unpaired) electrons. The molecule has 0 unspecified atom stereocenters. The monoisotopic (exact) mass is 231 g/mol. The van der Waals surface area contributed by atoms with Crippen molar-refractivity contribution in [1.82, 2.24) is 0 Å². The Kier molecular flexibility index (Phi) is 3.83. The summed E-state index contributed by atoms with van der Waals surface area (Å²) in [6.07, 6.45) is 4.01. The van der Waals surface area contributed by atoms with Crippen LogP contribution in [0.15, 0.2) is 53.6 Å². The van der Waals surface area contributed by atoms with Crippen LogP contribution in [0.5, 0.6) is 0 Å². The van der Waals surface area contributed by atoms with Gasteiger partial charge in [-0.3, -0.25) is 5.32 Å². The van der Waals surface area contributed by atoms with E-state index in [1.165, 1.54) is 10.5 Å². The van der Waals surface area contributed by atoms with Gasteiger partial charge in [-0.1, -0.05) is 18.2 Å². The minimum absolute atomic E-state index is 0.842. The number of hydrogen-bond acceptors (Lipinski definition) is 2. The summed E-state index contributed by atoms with van der Waals surface area (Å²) in [6, 6.07) is 14.6. The zero-order valence-corrected chi connectivity index (χ0v) is 10.1. The Morgan fingerprint density at radius 2 is 1.94 bits per heavy atom. The highest BCUT2D eigenvalue weighted by molar-refractivity contribution is 7.98. The second-order valence-electron chi connectivity index (χ2n) is 3.48. The van der Waals surface area contributed by atoms with Crippen molar-refractivity contribution in [3.05, 3.63) is 54.2 Å². The van der Waals surface area contributed by atoms with Crippen molar-refractivity contribution in [1.29, 1.82) is 0 Å². The van der Waals surface area contributed by atoms with Crippen molar-refractivity contribution in [2.45, 2.75) is 11.4 Å². The lowest BCUT2D eigenvalue weighted by molar-refractivity contribution is -0.361. The second kappa shape index (κ2) is 5.56. The van der Waals surface area contributed by atoms with Gasteiger partial charge in [-0.2, -0.15) is 0 Å². The van der Waals surface area contributed by atoms with E-state index in [2.05, 4.69) is 40.8 Å². The van der Waals surface area contributed by atoms with Crippen LogP contribution in [-0.2, 0) is 6.54 Å². The fourth-order valence-corrected chi connectivity index (χ4v) is 1.85. The minimum atomic E-state index is 0.842. The van der Waals surface area contributed by atoms with Gasteiger partial charge in [0.25, 0.3) is 5.82 Å². The topological polar surface area (TPSA) is 26.2 Å². The Hall–Kier alpha value is -1.48. The summed E-state index contributed by atoms with van der Waals surface area (Å²) in [5, 5.41) is 3.34. The maximum atomic E-state index is 3.34. The molecular formula is C13H15N2S+. The largest absolute Gasteiger partial charge is 0.272 e. The van der Waals surface area contributed by atoms with E-state index in [1.54, 1.807) is 11.8 Å². The van der Waals surface area contributed by atoms with Gasteiger partial charge in [0.15, 0.2) is 0 Å². The van der Waals surface area contributed by atoms with Crippen LogP contribution in [0.3, 0.4) is 0 Å². The summed E-state index contributed by atoms with van der Waals surface area (Å²) < 4.78 is 0. The first-order chi connectivity index (χ1) is 7.88. The van der Waals surface area contributed by atoms with Crippen molar-refractivity contribution in [3.63, 3.8) is 0 Å². The van der Waals surface area contributed by atoms with Crippen molar-refractivity contribution in [2.24, 2.45) is 0 Å². The molecule has 2 aromatic rings. The molecule has 0 saturated carbocycles. The van der Waals surface area contributed by atoms with Crippen LogP contribution in [0.1, 0.15) is 5.56 Å². The van der Waals surface area contributed by atoms with E-state index in [0.717, 1.165) is 12.4 Å². The van der Waals surface area contributed by atoms with E-state index < -0.39 is 0 Å². The molecule has 2 N–H and O–H groups in total. The predicted molar refractivity (Wildman–Crippen MR) is 68.5 cm³/mol. The average Bonchev–Trinajstić information content (AvgIpc) is 2.38. The van der Waals surface area contributed by atoms with Crippen LogP contribution in [0.2, 0.25) is 0 Å². The number of pyridine rings is 1. The number of benzene rings is 1. The molecule has 3 heteroatoms. The zero-order valence-electron chi connectivity index (χ0n) is 9.23. The summed E-state index contributed by atoms with van der Waals surface area (Å²) in [5.41, 5.74) is 1.29. The van der Waals surface area contributed by atoms with Gasteiger partial charge in [0.2, 0.25) is 0 Å². The molecule has 0 atom stereocenters. The SMILES string of the molecule is CSc1ccc(CNc2cccc[nH+]2)cc1. The van der Waals surface area contributed by atoms with Crippen molar-refractivity contribution in [3.8, 4) is 0 Å². The number of aromatic nitrogens is 1. The number of thioether (sulfide) groups is 1. The maximum Gasteiger partial charge on any atom is 0.272 e. The standard InChI is InChI=1S/C13H14N2S/c1-16-12-7-5-11(6-8-12)10-15-13-4-2-3-9-14-13/h2-9H,10H2,1H3,(H,14,15)/p+1. The minimum Gasteiger partial charge on any atom is -0.270 e. The molecule has 1 heterocycles. The fraction of sp³-hybridized carbons (Fsp3) is 0.154. The molecule has 0 saturated heterocycles. The van der Waals surface area contributed by atoms with Gasteiger partial charge in [-0.05, 0) is 30.0 Å². The summed E-state index contributed by atoms with van der Waals surface area (Å²) in [7, 11) is 0. The van der Waals surface area contributed by atoms with Gasteiger partial charge in [0.1, 0.15) is 6.54 Å². The van der Waals surface area contributed by atoms with Gasteiger partial charge < -0.3 is 0 Å². The fourth-order valence-electron chi connectivity index (χ4n) is 1.44. The third-order valence-corrected chi connectivity index (χ3v) is 3.09. The maximum absolute atomic E-state index is 3.34. The molecule has 0 fully saturated rings. The Bertz CT molecular complexity index is 425. The Labute approximate surface area is 100 Å². The van der Waals surface area contributed by atoms with Crippen LogP contribution >= 0.6 is 11.8 Å². The number of anilines is 1. The van der Waals surface area contributed by atoms with Gasteiger partial charge in [-0.15, -0.1) is 11.8 Å². The van der Waals surface area contributed by atoms with Crippen LogP contribution in [0.4, 0.5) is 5.82 Å². The van der Waals surface area contributed by atoms with E-state index in [-0.39, 0.29) is 0 Å². The Balaban J connectivity index is 1.94. The van der Waals surface area contributed by atoms with Crippen molar-refractivity contribution in [2.75, 3.05) is 11.6 Å². The van der Waals surface area contributed by atoms with E-state index in [9.17, 15) is 0 Å². The van der Waals surface area contributed by atoms with Gasteiger partial charge in [-0.25, -0.2) is 4.98 Å². The quantitative estimate of drug-likeness (QED) is 0.819. The average molecular weight is 231 g/mol. The van der Waals surface area contributed by atoms with Crippen LogP contribution < -0.4 is 10.3 Å². The van der Waals surface area contributed by atoms with E-state index in [1.807, 2.05) is 24.4 Å². The summed E-state index contributed by atoms with van der Waals surface area (Å²) >= 11 is 1.77. The number of H-pyrrole nitrogens is 1. The molecule has 0 bridgehead atoms. The third kappa shape index (κ3) is 3.00. The number of hydrogen-bond donors (Lipinski definition) is 1. The molecule has 2 nitrogen and oxygen atoms in total. The molecule has 82 valence electrons. The summed E-state index contributed by atoms with van der Waals surface area (Å²) in [4.78, 5) is 4.45. The summed E-state index contributed by atoms with van der Waals surface area (Å²) in [5.74, 6) is 1.04. The molecule has 0 amide bonds. The first kappa shape index (κ1) is 11.0. The first-order valence-electron chi connectivity index (χ1n) is 5.22. The highest BCUT2D eigenvalue weighted by Crippen LogP contribution is 2.15. The van der Waals surface area contributed by atoms with Crippen molar-refractivity contribution < 1.29 is 4.98 Å². The van der Waals surface area contributed by atoms with E-state index in [4.69, 9.17) is 0 Å². The molecule has 2 rings (SSSR count). The van der Waals surface area contributed by atoms with E-state index in [0.29, 0.717) is 0 Å².